The SMILES string of the molecule is Cc1nc(C(C)c2cc(Cl)c(F)c(C(=O)N3CCC3)c2OC(C)C)n2ccnc(N)c12. The summed E-state index contributed by atoms with van der Waals surface area (Å²) in [4.78, 5) is 23.5. The van der Waals surface area contributed by atoms with Crippen LogP contribution in [0.1, 0.15) is 60.5 Å². The first kappa shape index (κ1) is 21.4. The van der Waals surface area contributed by atoms with Gasteiger partial charge in [0.1, 0.15) is 28.5 Å². The number of aryl methyl sites for hydroxylation is 1. The van der Waals surface area contributed by atoms with Crippen molar-refractivity contribution >= 4 is 28.8 Å². The maximum atomic E-state index is 15.1. The van der Waals surface area contributed by atoms with Gasteiger partial charge in [-0.05, 0) is 33.3 Å². The maximum Gasteiger partial charge on any atom is 0.260 e. The van der Waals surface area contributed by atoms with E-state index in [9.17, 15) is 4.79 Å². The zero-order valence-electron chi connectivity index (χ0n) is 17.9. The van der Waals surface area contributed by atoms with Crippen molar-refractivity contribution in [2.75, 3.05) is 18.8 Å². The molecule has 0 spiro atoms. The maximum absolute atomic E-state index is 15.1. The van der Waals surface area contributed by atoms with Gasteiger partial charge in [-0.3, -0.25) is 9.20 Å². The highest BCUT2D eigenvalue weighted by Gasteiger charge is 2.33. The Morgan fingerprint density at radius 1 is 1.32 bits per heavy atom. The summed E-state index contributed by atoms with van der Waals surface area (Å²) in [5.41, 5.74) is 7.95. The number of aromatic nitrogens is 3. The molecule has 164 valence electrons. The number of carbonyl (C=O) groups excluding carboxylic acids is 1. The quantitative estimate of drug-likeness (QED) is 0.636. The van der Waals surface area contributed by atoms with Crippen LogP contribution >= 0.6 is 11.6 Å². The van der Waals surface area contributed by atoms with Crippen LogP contribution < -0.4 is 10.5 Å². The van der Waals surface area contributed by atoms with Crippen LogP contribution in [0.5, 0.6) is 5.75 Å². The van der Waals surface area contributed by atoms with Crippen LogP contribution in [0.4, 0.5) is 10.2 Å². The van der Waals surface area contributed by atoms with E-state index >= 15 is 4.39 Å². The van der Waals surface area contributed by atoms with Crippen LogP contribution in [0.3, 0.4) is 0 Å². The number of benzene rings is 1. The van der Waals surface area contributed by atoms with Gasteiger partial charge in [-0.15, -0.1) is 0 Å². The third-order valence-electron chi connectivity index (χ3n) is 5.55. The molecule has 1 fully saturated rings. The van der Waals surface area contributed by atoms with Crippen LogP contribution in [0.15, 0.2) is 18.5 Å². The number of halogens is 2. The Balaban J connectivity index is 1.93. The normalized spacial score (nSPS) is 14.7. The number of nitrogen functional groups attached to an aromatic ring is 1. The molecule has 1 saturated heterocycles. The molecule has 3 aromatic rings. The van der Waals surface area contributed by atoms with E-state index in [0.717, 1.165) is 12.1 Å². The van der Waals surface area contributed by atoms with Crippen LogP contribution in [-0.4, -0.2) is 44.4 Å². The van der Waals surface area contributed by atoms with Gasteiger partial charge in [0, 0.05) is 37.0 Å². The topological polar surface area (TPSA) is 85.8 Å². The van der Waals surface area contributed by atoms with Gasteiger partial charge in [-0.2, -0.15) is 0 Å². The molecule has 3 heterocycles. The van der Waals surface area contributed by atoms with E-state index in [0.29, 0.717) is 35.8 Å². The number of carbonyl (C=O) groups is 1. The first-order valence-corrected chi connectivity index (χ1v) is 10.6. The fourth-order valence-electron chi connectivity index (χ4n) is 3.89. The fraction of sp³-hybridized carbons (Fsp3) is 0.409. The van der Waals surface area contributed by atoms with Crippen LogP contribution in [0, 0.1) is 12.7 Å². The molecule has 1 atom stereocenters. The minimum absolute atomic E-state index is 0.124. The number of ether oxygens (including phenoxy) is 1. The van der Waals surface area contributed by atoms with E-state index in [1.54, 1.807) is 17.3 Å². The average molecular weight is 446 g/mol. The van der Waals surface area contributed by atoms with E-state index in [2.05, 4.69) is 4.98 Å². The van der Waals surface area contributed by atoms with Gasteiger partial charge < -0.3 is 15.4 Å². The van der Waals surface area contributed by atoms with E-state index in [1.165, 1.54) is 6.07 Å². The molecular formula is C22H25ClFN5O2. The molecule has 0 radical (unpaired) electrons. The molecule has 4 rings (SSSR count). The predicted octanol–water partition coefficient (Wildman–Crippen LogP) is 4.20. The van der Waals surface area contributed by atoms with Gasteiger partial charge in [0.05, 0.1) is 16.8 Å². The Labute approximate surface area is 185 Å². The number of nitrogens with zero attached hydrogens (tertiary/aromatic N) is 4. The van der Waals surface area contributed by atoms with Crippen molar-refractivity contribution in [3.05, 3.63) is 51.9 Å². The standard InChI is InChI=1S/C22H25ClFN5O2/c1-11(2)31-19-14(10-15(23)17(24)16(19)22(30)28-7-5-8-28)12(3)21-27-13(4)18-20(25)26-6-9-29(18)21/h6,9-12H,5,7-8H2,1-4H3,(H2,25,26). The number of likely N-dealkylation sites (tertiary alicyclic amines) is 1. The summed E-state index contributed by atoms with van der Waals surface area (Å²) in [6.45, 7) is 8.62. The molecule has 0 bridgehead atoms. The average Bonchev–Trinajstić information content (AvgIpc) is 3.00. The zero-order valence-corrected chi connectivity index (χ0v) is 18.7. The van der Waals surface area contributed by atoms with Crippen molar-refractivity contribution in [1.29, 1.82) is 0 Å². The van der Waals surface area contributed by atoms with Gasteiger partial charge in [0.2, 0.25) is 0 Å². The predicted molar refractivity (Wildman–Crippen MR) is 117 cm³/mol. The third-order valence-corrected chi connectivity index (χ3v) is 5.82. The van der Waals surface area contributed by atoms with Gasteiger partial charge in [0.15, 0.2) is 5.82 Å². The van der Waals surface area contributed by atoms with Crippen LogP contribution in [-0.2, 0) is 0 Å². The summed E-state index contributed by atoms with van der Waals surface area (Å²) in [5, 5.41) is -0.124. The van der Waals surface area contributed by atoms with E-state index in [4.69, 9.17) is 27.1 Å². The fourth-order valence-corrected chi connectivity index (χ4v) is 4.11. The number of hydrogen-bond acceptors (Lipinski definition) is 5. The van der Waals surface area contributed by atoms with E-state index < -0.39 is 11.7 Å². The van der Waals surface area contributed by atoms with Crippen molar-refractivity contribution in [3.8, 4) is 5.75 Å². The van der Waals surface area contributed by atoms with Gasteiger partial charge in [0.25, 0.3) is 5.91 Å². The van der Waals surface area contributed by atoms with Crippen molar-refractivity contribution in [3.63, 3.8) is 0 Å². The van der Waals surface area contributed by atoms with Crippen molar-refractivity contribution < 1.29 is 13.9 Å². The number of imidazole rings is 1. The second-order valence-corrected chi connectivity index (χ2v) is 8.49. The molecule has 0 aliphatic carbocycles. The second-order valence-electron chi connectivity index (χ2n) is 8.09. The molecule has 1 amide bonds. The molecular weight excluding hydrogens is 421 g/mol. The lowest BCUT2D eigenvalue weighted by Crippen LogP contribution is -2.42. The largest absolute Gasteiger partial charge is 0.490 e. The molecule has 1 aliphatic rings. The number of amides is 1. The molecule has 2 N–H and O–H groups in total. The smallest absolute Gasteiger partial charge is 0.260 e. The molecule has 1 aromatic carbocycles. The van der Waals surface area contributed by atoms with E-state index in [-0.39, 0.29) is 28.4 Å². The molecule has 31 heavy (non-hydrogen) atoms. The van der Waals surface area contributed by atoms with Crippen LogP contribution in [0.2, 0.25) is 5.02 Å². The lowest BCUT2D eigenvalue weighted by atomic mass is 9.95. The lowest BCUT2D eigenvalue weighted by Gasteiger charge is -2.32. The summed E-state index contributed by atoms with van der Waals surface area (Å²) in [7, 11) is 0. The number of rotatable bonds is 5. The Bertz CT molecular complexity index is 1170. The lowest BCUT2D eigenvalue weighted by molar-refractivity contribution is 0.0640. The Kier molecular flexibility index (Phi) is 5.51. The van der Waals surface area contributed by atoms with E-state index in [1.807, 2.05) is 32.1 Å². The minimum atomic E-state index is -0.761. The number of fused-ring (bicyclic) bond motifs is 1. The number of anilines is 1. The molecule has 1 aliphatic heterocycles. The molecule has 0 saturated carbocycles. The highest BCUT2D eigenvalue weighted by molar-refractivity contribution is 6.31. The van der Waals surface area contributed by atoms with Gasteiger partial charge in [-0.1, -0.05) is 18.5 Å². The highest BCUT2D eigenvalue weighted by Crippen LogP contribution is 2.40. The Hall–Kier alpha value is -2.87. The Morgan fingerprint density at radius 3 is 2.65 bits per heavy atom. The van der Waals surface area contributed by atoms with Crippen molar-refractivity contribution in [2.24, 2.45) is 0 Å². The minimum Gasteiger partial charge on any atom is -0.490 e. The number of nitrogens with two attached hydrogens (primary N) is 1. The first-order chi connectivity index (χ1) is 14.7. The zero-order chi connectivity index (χ0) is 22.4. The molecule has 9 heteroatoms. The third kappa shape index (κ3) is 3.59. The summed E-state index contributed by atoms with van der Waals surface area (Å²) >= 11 is 6.26. The van der Waals surface area contributed by atoms with Gasteiger partial charge >= 0.3 is 0 Å². The first-order valence-electron chi connectivity index (χ1n) is 10.3. The molecule has 1 unspecified atom stereocenters. The van der Waals surface area contributed by atoms with Crippen LogP contribution in [0.25, 0.3) is 5.52 Å². The summed E-state index contributed by atoms with van der Waals surface area (Å²) < 4.78 is 23.0. The summed E-state index contributed by atoms with van der Waals surface area (Å²) in [6.07, 6.45) is 4.00. The Morgan fingerprint density at radius 2 is 2.03 bits per heavy atom. The molecule has 7 nitrogen and oxygen atoms in total. The highest BCUT2D eigenvalue weighted by atomic mass is 35.5. The summed E-state index contributed by atoms with van der Waals surface area (Å²) in [5.74, 6) is -0.290. The number of hydrogen-bond donors (Lipinski definition) is 1. The van der Waals surface area contributed by atoms with Crippen molar-refractivity contribution in [2.45, 2.75) is 46.1 Å². The second kappa shape index (κ2) is 8.00. The van der Waals surface area contributed by atoms with Gasteiger partial charge in [-0.25, -0.2) is 14.4 Å². The monoisotopic (exact) mass is 445 g/mol. The van der Waals surface area contributed by atoms with Crippen molar-refractivity contribution in [1.82, 2.24) is 19.3 Å². The summed E-state index contributed by atoms with van der Waals surface area (Å²) in [6, 6.07) is 1.52. The molecule has 2 aromatic heterocycles.